The van der Waals surface area contributed by atoms with Crippen LogP contribution in [0, 0.1) is 0 Å². The van der Waals surface area contributed by atoms with Crippen molar-refractivity contribution in [1.82, 2.24) is 5.32 Å². The van der Waals surface area contributed by atoms with Gasteiger partial charge < -0.3 is 5.32 Å². The summed E-state index contributed by atoms with van der Waals surface area (Å²) in [5, 5.41) is 4.01. The Morgan fingerprint density at radius 1 is 1.00 bits per heavy atom. The van der Waals surface area contributed by atoms with Crippen molar-refractivity contribution in [3.8, 4) is 0 Å². The van der Waals surface area contributed by atoms with Crippen LogP contribution >= 0.6 is 35.6 Å². The van der Waals surface area contributed by atoms with Gasteiger partial charge in [0.2, 0.25) is 0 Å². The third-order valence-corrected chi connectivity index (χ3v) is 4.20. The van der Waals surface area contributed by atoms with Gasteiger partial charge in [-0.25, -0.2) is 0 Å². The van der Waals surface area contributed by atoms with E-state index in [1.54, 1.807) is 11.8 Å². The summed E-state index contributed by atoms with van der Waals surface area (Å²) in [7, 11) is 0. The van der Waals surface area contributed by atoms with Crippen molar-refractivity contribution in [2.24, 2.45) is 0 Å². The number of hydrogen-bond donors (Lipinski definition) is 1. The Balaban J connectivity index is 1.74. The van der Waals surface area contributed by atoms with E-state index in [0.29, 0.717) is 0 Å². The normalized spacial score (nSPS) is 10.2. The van der Waals surface area contributed by atoms with Crippen LogP contribution in [0.1, 0.15) is 11.1 Å². The van der Waals surface area contributed by atoms with Crippen molar-refractivity contribution < 1.29 is 0 Å². The summed E-state index contributed by atoms with van der Waals surface area (Å²) in [5.74, 6) is 0.859. The Morgan fingerprint density at radius 3 is 2.37 bits per heavy atom. The first kappa shape index (κ1) is 14.4. The van der Waals surface area contributed by atoms with Crippen molar-refractivity contribution in [3.05, 3.63) is 70.7 Å². The number of hydrogen-bond acceptors (Lipinski definition) is 2. The van der Waals surface area contributed by atoms with Crippen molar-refractivity contribution >= 4 is 39.9 Å². The van der Waals surface area contributed by atoms with Crippen molar-refractivity contribution in [2.45, 2.75) is 12.3 Å². The molecule has 1 N–H and O–H groups in total. The molecular weight excluding hydrogens is 294 g/mol. The molecule has 19 heavy (non-hydrogen) atoms. The molecule has 0 aliphatic carbocycles. The number of benzene rings is 2. The third kappa shape index (κ3) is 5.23. The van der Waals surface area contributed by atoms with E-state index < -0.39 is 0 Å². The van der Waals surface area contributed by atoms with E-state index in [1.807, 2.05) is 42.5 Å². The minimum Gasteiger partial charge on any atom is -0.367 e. The van der Waals surface area contributed by atoms with Crippen LogP contribution in [0.2, 0.25) is 5.02 Å². The van der Waals surface area contributed by atoms with Crippen LogP contribution in [0.3, 0.4) is 0 Å². The molecule has 0 aliphatic rings. The minimum atomic E-state index is 0.763. The lowest BCUT2D eigenvalue weighted by Gasteiger charge is -2.07. The van der Waals surface area contributed by atoms with Gasteiger partial charge in [0.1, 0.15) is 4.32 Å². The summed E-state index contributed by atoms with van der Waals surface area (Å²) in [6, 6.07) is 18.1. The molecule has 0 saturated heterocycles. The van der Waals surface area contributed by atoms with E-state index in [1.165, 1.54) is 11.1 Å². The molecule has 98 valence electrons. The lowest BCUT2D eigenvalue weighted by Crippen LogP contribution is -2.17. The smallest absolute Gasteiger partial charge is 0.134 e. The fourth-order valence-corrected chi connectivity index (χ4v) is 2.59. The number of rotatable bonds is 4. The molecule has 0 heterocycles. The molecule has 0 fully saturated rings. The highest BCUT2D eigenvalue weighted by Gasteiger charge is 1.99. The number of halogens is 1. The second-order valence-electron chi connectivity index (χ2n) is 4.04. The molecule has 0 aliphatic heterocycles. The number of thiocarbonyl (C=S) groups is 1. The maximum Gasteiger partial charge on any atom is 0.134 e. The largest absolute Gasteiger partial charge is 0.367 e. The maximum absolute atomic E-state index is 5.85. The molecule has 0 radical (unpaired) electrons. The highest BCUT2D eigenvalue weighted by molar-refractivity contribution is 8.22. The van der Waals surface area contributed by atoms with Gasteiger partial charge in [0.15, 0.2) is 0 Å². The van der Waals surface area contributed by atoms with Gasteiger partial charge >= 0.3 is 0 Å². The van der Waals surface area contributed by atoms with E-state index in [0.717, 1.165) is 21.6 Å². The summed E-state index contributed by atoms with van der Waals surface area (Å²) in [6.45, 7) is 0.771. The zero-order chi connectivity index (χ0) is 13.5. The Hall–Kier alpha value is -1.03. The van der Waals surface area contributed by atoms with E-state index >= 15 is 0 Å². The van der Waals surface area contributed by atoms with Crippen LogP contribution in [-0.4, -0.2) is 4.32 Å². The van der Waals surface area contributed by atoms with Gasteiger partial charge in [0, 0.05) is 17.3 Å². The van der Waals surface area contributed by atoms with Crippen LogP contribution in [0.25, 0.3) is 0 Å². The molecular formula is C15H14ClNS2. The average Bonchev–Trinajstić information content (AvgIpc) is 2.45. The van der Waals surface area contributed by atoms with E-state index in [2.05, 4.69) is 17.4 Å². The predicted molar refractivity (Wildman–Crippen MR) is 88.6 cm³/mol. The fraction of sp³-hybridized carbons (Fsp3) is 0.133. The fourth-order valence-electron chi connectivity index (χ4n) is 1.55. The first-order valence-electron chi connectivity index (χ1n) is 5.93. The summed E-state index contributed by atoms with van der Waals surface area (Å²) in [5.41, 5.74) is 2.45. The Bertz CT molecular complexity index is 526. The first-order valence-corrected chi connectivity index (χ1v) is 7.70. The van der Waals surface area contributed by atoms with Gasteiger partial charge in [-0.05, 0) is 23.3 Å². The number of nitrogens with one attached hydrogen (secondary N) is 1. The van der Waals surface area contributed by atoms with Gasteiger partial charge in [0.05, 0.1) is 0 Å². The summed E-state index contributed by atoms with van der Waals surface area (Å²) in [6.07, 6.45) is 0. The zero-order valence-electron chi connectivity index (χ0n) is 10.3. The molecule has 2 aromatic carbocycles. The van der Waals surface area contributed by atoms with Crippen molar-refractivity contribution in [3.63, 3.8) is 0 Å². The Labute approximate surface area is 128 Å². The van der Waals surface area contributed by atoms with Crippen molar-refractivity contribution in [1.29, 1.82) is 0 Å². The van der Waals surface area contributed by atoms with Crippen LogP contribution in [0.5, 0.6) is 0 Å². The van der Waals surface area contributed by atoms with E-state index in [-0.39, 0.29) is 0 Å². The Kier molecular flexibility index (Phi) is 5.70. The molecule has 0 aromatic heterocycles. The molecule has 0 bridgehead atoms. The van der Waals surface area contributed by atoms with Gasteiger partial charge in [-0.1, -0.05) is 78.0 Å². The average molecular weight is 308 g/mol. The van der Waals surface area contributed by atoms with Crippen molar-refractivity contribution in [2.75, 3.05) is 0 Å². The molecule has 2 aromatic rings. The highest BCUT2D eigenvalue weighted by atomic mass is 35.5. The predicted octanol–water partition coefficient (Wildman–Crippen LogP) is 4.65. The van der Waals surface area contributed by atoms with Crippen LogP contribution in [0.15, 0.2) is 54.6 Å². The first-order chi connectivity index (χ1) is 9.24. The molecule has 2 rings (SSSR count). The highest BCUT2D eigenvalue weighted by Crippen LogP contribution is 2.16. The summed E-state index contributed by atoms with van der Waals surface area (Å²) >= 11 is 12.8. The van der Waals surface area contributed by atoms with Gasteiger partial charge in [-0.2, -0.15) is 0 Å². The van der Waals surface area contributed by atoms with Crippen LogP contribution in [0.4, 0.5) is 0 Å². The molecule has 0 spiro atoms. The molecule has 1 nitrogen and oxygen atoms in total. The topological polar surface area (TPSA) is 12.0 Å². The molecule has 0 amide bonds. The van der Waals surface area contributed by atoms with Crippen LogP contribution in [-0.2, 0) is 12.3 Å². The molecule has 0 saturated carbocycles. The Morgan fingerprint density at radius 2 is 1.68 bits per heavy atom. The molecule has 0 atom stereocenters. The number of thioether (sulfide) groups is 1. The summed E-state index contributed by atoms with van der Waals surface area (Å²) < 4.78 is 0.818. The molecule has 0 unspecified atom stereocenters. The van der Waals surface area contributed by atoms with E-state index in [9.17, 15) is 0 Å². The van der Waals surface area contributed by atoms with E-state index in [4.69, 9.17) is 23.8 Å². The second-order valence-corrected chi connectivity index (χ2v) is 6.13. The quantitative estimate of drug-likeness (QED) is 0.826. The zero-order valence-corrected chi connectivity index (χ0v) is 12.7. The third-order valence-electron chi connectivity index (χ3n) is 2.56. The van der Waals surface area contributed by atoms with Gasteiger partial charge in [0.25, 0.3) is 0 Å². The lowest BCUT2D eigenvalue weighted by molar-refractivity contribution is 0.939. The molecule has 4 heteroatoms. The maximum atomic E-state index is 5.85. The van der Waals surface area contributed by atoms with Gasteiger partial charge in [-0.3, -0.25) is 0 Å². The van der Waals surface area contributed by atoms with Crippen LogP contribution < -0.4 is 5.32 Å². The minimum absolute atomic E-state index is 0.763. The monoisotopic (exact) mass is 307 g/mol. The standard InChI is InChI=1S/C15H14ClNS2/c16-14-8-6-13(7-9-14)11-19-15(18)17-10-12-4-2-1-3-5-12/h1-9H,10-11H2,(H,17,18). The SMILES string of the molecule is S=C(NCc1ccccc1)SCc1ccc(Cl)cc1. The van der Waals surface area contributed by atoms with Gasteiger partial charge in [-0.15, -0.1) is 0 Å². The lowest BCUT2D eigenvalue weighted by atomic mass is 10.2. The second kappa shape index (κ2) is 7.53. The summed E-state index contributed by atoms with van der Waals surface area (Å²) in [4.78, 5) is 0.